The minimum atomic E-state index is -4.79. The topological polar surface area (TPSA) is 40.5 Å². The van der Waals surface area contributed by atoms with Gasteiger partial charge >= 0.3 is 12.4 Å². The molecule has 7 heteroatoms. The summed E-state index contributed by atoms with van der Waals surface area (Å²) in [7, 11) is 0. The number of hydrogen-bond acceptors (Lipinski definition) is 1. The molecule has 3 nitrogen and oxygen atoms in total. The van der Waals surface area contributed by atoms with Crippen LogP contribution in [0, 0.1) is 6.42 Å². The predicted molar refractivity (Wildman–Crippen MR) is 63.1 cm³/mol. The van der Waals surface area contributed by atoms with Crippen molar-refractivity contribution in [3.05, 3.63) is 6.42 Å². The zero-order valence-corrected chi connectivity index (χ0v) is 12.4. The monoisotopic (exact) mass is 320 g/mol. The van der Waals surface area contributed by atoms with Gasteiger partial charge in [-0.2, -0.15) is 12.8 Å². The number of nitrogens with zero attached hydrogens (tertiary/aromatic N) is 1. The molecular weight excluding hydrogens is 299 g/mol. The molecule has 0 rings (SSSR count). The van der Waals surface area contributed by atoms with Crippen LogP contribution in [0.1, 0.15) is 51.9 Å². The molecule has 0 aromatic heterocycles. The number of rotatable bonds is 9. The minimum absolute atomic E-state index is 0. The summed E-state index contributed by atoms with van der Waals surface area (Å²) in [5.41, 5.74) is 0. The fraction of sp³-hybridized carbons (Fsp3) is 0.833. The molecular formula is C12H21CrF3NO2-. The quantitative estimate of drug-likeness (QED) is 0.388. The zero-order valence-electron chi connectivity index (χ0n) is 11.1. The molecule has 0 fully saturated rings. The van der Waals surface area contributed by atoms with Crippen molar-refractivity contribution < 1.29 is 40.4 Å². The summed E-state index contributed by atoms with van der Waals surface area (Å²) in [4.78, 5) is 9.92. The molecule has 1 amide bonds. The first-order valence-corrected chi connectivity index (χ1v) is 6.28. The average Bonchev–Trinajstić information content (AvgIpc) is 2.24. The van der Waals surface area contributed by atoms with Crippen LogP contribution in [0.15, 0.2) is 0 Å². The molecule has 0 bridgehead atoms. The maximum Gasteiger partial charge on any atom is 0.489 e. The van der Waals surface area contributed by atoms with Crippen molar-refractivity contribution in [2.75, 3.05) is 6.54 Å². The van der Waals surface area contributed by atoms with E-state index >= 15 is 0 Å². The molecule has 0 atom stereocenters. The van der Waals surface area contributed by atoms with Gasteiger partial charge in [0.2, 0.25) is 0 Å². The van der Waals surface area contributed by atoms with Gasteiger partial charge in [-0.05, 0) is 6.42 Å². The summed E-state index contributed by atoms with van der Waals surface area (Å²) in [6, 6.07) is 0. The van der Waals surface area contributed by atoms with Crippen molar-refractivity contribution >= 4 is 6.09 Å². The van der Waals surface area contributed by atoms with Crippen LogP contribution in [0.2, 0.25) is 0 Å². The molecule has 19 heavy (non-hydrogen) atoms. The number of amides is 1. The molecule has 0 aliphatic heterocycles. The van der Waals surface area contributed by atoms with Gasteiger partial charge < -0.3 is 11.5 Å². The Morgan fingerprint density at radius 1 is 1.16 bits per heavy atom. The van der Waals surface area contributed by atoms with Crippen LogP contribution in [-0.2, 0) is 17.4 Å². The molecule has 0 spiro atoms. The van der Waals surface area contributed by atoms with Gasteiger partial charge in [0.15, 0.2) is 0 Å². The Balaban J connectivity index is 0. The van der Waals surface area contributed by atoms with E-state index in [0.717, 1.165) is 32.1 Å². The number of unbranched alkanes of at least 4 members (excludes halogenated alkanes) is 7. The van der Waals surface area contributed by atoms with Crippen LogP contribution in [-0.4, -0.2) is 28.9 Å². The molecule has 0 aromatic rings. The van der Waals surface area contributed by atoms with Crippen molar-refractivity contribution in [3.8, 4) is 0 Å². The van der Waals surface area contributed by atoms with Crippen LogP contribution < -0.4 is 0 Å². The Morgan fingerprint density at radius 2 is 1.74 bits per heavy atom. The zero-order chi connectivity index (χ0) is 14.0. The first-order valence-electron chi connectivity index (χ1n) is 6.28. The molecule has 114 valence electrons. The summed E-state index contributed by atoms with van der Waals surface area (Å²) in [5.74, 6) is 0. The largest absolute Gasteiger partial charge is 0.489 e. The number of hydrogen-bond donors (Lipinski definition) is 1. The van der Waals surface area contributed by atoms with Gasteiger partial charge in [-0.3, -0.25) is 0 Å². The van der Waals surface area contributed by atoms with E-state index in [4.69, 9.17) is 5.11 Å². The molecule has 0 saturated carbocycles. The number of carbonyl (C=O) groups is 1. The van der Waals surface area contributed by atoms with Gasteiger partial charge in [0.05, 0.1) is 0 Å². The van der Waals surface area contributed by atoms with E-state index < -0.39 is 23.8 Å². The summed E-state index contributed by atoms with van der Waals surface area (Å²) in [6.07, 6.45) is 1.29. The van der Waals surface area contributed by atoms with Crippen molar-refractivity contribution in [3.63, 3.8) is 0 Å². The summed E-state index contributed by atoms with van der Waals surface area (Å²) in [5, 5.41) is 8.41. The van der Waals surface area contributed by atoms with Gasteiger partial charge in [0.1, 0.15) is 0 Å². The third-order valence-corrected chi connectivity index (χ3v) is 2.57. The Morgan fingerprint density at radius 3 is 2.21 bits per heavy atom. The van der Waals surface area contributed by atoms with Crippen molar-refractivity contribution in [1.82, 2.24) is 4.90 Å². The van der Waals surface area contributed by atoms with Crippen LogP contribution in [0.3, 0.4) is 0 Å². The first-order chi connectivity index (χ1) is 8.39. The molecule has 0 aromatic carbocycles. The fourth-order valence-electron chi connectivity index (χ4n) is 1.59. The Kier molecular flexibility index (Phi) is 12.6. The maximum absolute atomic E-state index is 12.2. The minimum Gasteiger partial charge on any atom is -0.465 e. The second-order valence-electron chi connectivity index (χ2n) is 4.18. The first kappa shape index (κ1) is 20.9. The summed E-state index contributed by atoms with van der Waals surface area (Å²) in [6.45, 7) is 1.62. The SMILES string of the molecule is CCC[CH-]CCCCCCN(C(=O)O)C(F)(F)F.[Cr]. The Bertz CT molecular complexity index is 238. The molecule has 0 aliphatic carbocycles. The maximum atomic E-state index is 12.2. The van der Waals surface area contributed by atoms with Gasteiger partial charge in [0.25, 0.3) is 0 Å². The van der Waals surface area contributed by atoms with E-state index in [0.29, 0.717) is 6.42 Å². The normalized spacial score (nSPS) is 10.9. The van der Waals surface area contributed by atoms with Gasteiger partial charge in [0, 0.05) is 23.9 Å². The van der Waals surface area contributed by atoms with Gasteiger partial charge in [-0.1, -0.05) is 32.6 Å². The predicted octanol–water partition coefficient (Wildman–Crippen LogP) is 4.44. The summed E-state index contributed by atoms with van der Waals surface area (Å²) < 4.78 is 36.7. The smallest absolute Gasteiger partial charge is 0.465 e. The molecule has 0 saturated heterocycles. The Hall–Kier alpha value is -0.408. The van der Waals surface area contributed by atoms with Crippen LogP contribution in [0.25, 0.3) is 0 Å². The Labute approximate surface area is 123 Å². The molecule has 0 radical (unpaired) electrons. The van der Waals surface area contributed by atoms with E-state index in [1.807, 2.05) is 0 Å². The molecule has 0 heterocycles. The van der Waals surface area contributed by atoms with Crippen LogP contribution in [0.5, 0.6) is 0 Å². The summed E-state index contributed by atoms with van der Waals surface area (Å²) >= 11 is 0. The molecule has 1 N–H and O–H groups in total. The second kappa shape index (κ2) is 11.4. The second-order valence-corrected chi connectivity index (χ2v) is 4.18. The number of halogens is 3. The standard InChI is InChI=1S/C12H21F3NO2.Cr/c1-2-3-4-5-6-7-8-9-10-16(11(17)18)12(13,14)15;/h4H,2-3,5-10H2,1H3,(H,17,18);/q-1;. The third-order valence-electron chi connectivity index (χ3n) is 2.57. The number of alkyl halides is 3. The van der Waals surface area contributed by atoms with E-state index in [1.165, 1.54) is 0 Å². The van der Waals surface area contributed by atoms with Crippen LogP contribution >= 0.6 is 0 Å². The molecule has 0 aliphatic rings. The molecule has 0 unspecified atom stereocenters. The van der Waals surface area contributed by atoms with E-state index in [2.05, 4.69) is 13.3 Å². The van der Waals surface area contributed by atoms with E-state index in [1.54, 1.807) is 0 Å². The van der Waals surface area contributed by atoms with Crippen molar-refractivity contribution in [2.24, 2.45) is 0 Å². The van der Waals surface area contributed by atoms with E-state index in [9.17, 15) is 18.0 Å². The fourth-order valence-corrected chi connectivity index (χ4v) is 1.59. The third kappa shape index (κ3) is 11.1. The average molecular weight is 320 g/mol. The number of carboxylic acid groups (broad SMARTS) is 1. The van der Waals surface area contributed by atoms with Gasteiger partial charge in [-0.15, -0.1) is 13.2 Å². The van der Waals surface area contributed by atoms with E-state index in [-0.39, 0.29) is 23.8 Å². The van der Waals surface area contributed by atoms with Crippen LogP contribution in [0.4, 0.5) is 18.0 Å². The van der Waals surface area contributed by atoms with Gasteiger partial charge in [-0.25, -0.2) is 9.69 Å². The van der Waals surface area contributed by atoms with Crippen molar-refractivity contribution in [2.45, 2.75) is 58.2 Å². The van der Waals surface area contributed by atoms with Crippen molar-refractivity contribution in [1.29, 1.82) is 0 Å².